The van der Waals surface area contributed by atoms with Crippen LogP contribution in [0.5, 0.6) is 5.75 Å². The van der Waals surface area contributed by atoms with E-state index in [9.17, 15) is 9.59 Å². The molecule has 0 bridgehead atoms. The van der Waals surface area contributed by atoms with Gasteiger partial charge in [0.15, 0.2) is 0 Å². The summed E-state index contributed by atoms with van der Waals surface area (Å²) in [6, 6.07) is 10.7. The topological polar surface area (TPSA) is 72.6 Å². The Morgan fingerprint density at radius 2 is 2.11 bits per heavy atom. The van der Waals surface area contributed by atoms with Crippen molar-refractivity contribution < 1.29 is 13.9 Å². The number of aromatic nitrogens is 1. The summed E-state index contributed by atoms with van der Waals surface area (Å²) in [6.45, 7) is 4.82. The zero-order valence-corrected chi connectivity index (χ0v) is 15.3. The number of nitrogens with zero attached hydrogens (tertiary/aromatic N) is 2. The Morgan fingerprint density at radius 3 is 2.93 bits per heavy atom. The first-order valence-corrected chi connectivity index (χ1v) is 8.98. The summed E-state index contributed by atoms with van der Waals surface area (Å²) in [7, 11) is 0. The first-order chi connectivity index (χ1) is 13.0. The van der Waals surface area contributed by atoms with E-state index < -0.39 is 5.63 Å². The van der Waals surface area contributed by atoms with Crippen molar-refractivity contribution in [3.8, 4) is 5.75 Å². The second-order valence-electron chi connectivity index (χ2n) is 6.90. The molecule has 1 aliphatic heterocycles. The molecule has 1 amide bonds. The summed E-state index contributed by atoms with van der Waals surface area (Å²) in [5, 5.41) is 0.688. The van der Waals surface area contributed by atoms with Crippen molar-refractivity contribution in [2.75, 3.05) is 6.54 Å². The monoisotopic (exact) mass is 364 g/mol. The molecular formula is C21H20N2O4. The SMILES string of the molecule is CC(C)Oc1ccc2cc(C(=O)N3CCc4ncccc4C3)c(=O)oc2c1. The highest BCUT2D eigenvalue weighted by Crippen LogP contribution is 2.23. The molecule has 0 fully saturated rings. The first kappa shape index (κ1) is 17.3. The minimum absolute atomic E-state index is 0.0199. The van der Waals surface area contributed by atoms with E-state index in [-0.39, 0.29) is 17.6 Å². The Bertz CT molecular complexity index is 1070. The fraction of sp³-hybridized carbons (Fsp3) is 0.286. The van der Waals surface area contributed by atoms with Crippen LogP contribution in [-0.4, -0.2) is 28.4 Å². The number of fused-ring (bicyclic) bond motifs is 2. The average Bonchev–Trinajstić information content (AvgIpc) is 2.66. The summed E-state index contributed by atoms with van der Waals surface area (Å²) in [5.41, 5.74) is 1.84. The van der Waals surface area contributed by atoms with Crippen LogP contribution in [-0.2, 0) is 13.0 Å². The van der Waals surface area contributed by atoms with Crippen molar-refractivity contribution in [3.63, 3.8) is 0 Å². The van der Waals surface area contributed by atoms with Crippen molar-refractivity contribution in [1.82, 2.24) is 9.88 Å². The molecule has 0 saturated heterocycles. The van der Waals surface area contributed by atoms with Gasteiger partial charge >= 0.3 is 5.63 Å². The number of benzene rings is 1. The van der Waals surface area contributed by atoms with Gasteiger partial charge in [0.05, 0.1) is 6.10 Å². The largest absolute Gasteiger partial charge is 0.491 e. The van der Waals surface area contributed by atoms with Crippen LogP contribution in [0.3, 0.4) is 0 Å². The van der Waals surface area contributed by atoms with Gasteiger partial charge in [0, 0.05) is 42.9 Å². The van der Waals surface area contributed by atoms with Crippen LogP contribution in [0.1, 0.15) is 35.5 Å². The molecule has 0 radical (unpaired) electrons. The summed E-state index contributed by atoms with van der Waals surface area (Å²) in [6.07, 6.45) is 2.45. The average molecular weight is 364 g/mol. The van der Waals surface area contributed by atoms with E-state index in [1.807, 2.05) is 26.0 Å². The maximum atomic E-state index is 12.9. The van der Waals surface area contributed by atoms with Crippen LogP contribution in [0, 0.1) is 0 Å². The molecule has 3 aromatic rings. The van der Waals surface area contributed by atoms with Gasteiger partial charge < -0.3 is 14.1 Å². The molecule has 0 atom stereocenters. The maximum absolute atomic E-state index is 12.9. The first-order valence-electron chi connectivity index (χ1n) is 8.98. The quantitative estimate of drug-likeness (QED) is 0.668. The molecule has 6 nitrogen and oxygen atoms in total. The van der Waals surface area contributed by atoms with Crippen molar-refractivity contribution in [2.45, 2.75) is 32.9 Å². The van der Waals surface area contributed by atoms with Crippen LogP contribution >= 0.6 is 0 Å². The third kappa shape index (κ3) is 3.43. The molecular weight excluding hydrogens is 344 g/mol. The number of carbonyl (C=O) groups is 1. The summed E-state index contributed by atoms with van der Waals surface area (Å²) < 4.78 is 11.0. The number of hydrogen-bond donors (Lipinski definition) is 0. The number of ether oxygens (including phenoxy) is 1. The van der Waals surface area contributed by atoms with Gasteiger partial charge in [-0.15, -0.1) is 0 Å². The molecule has 0 saturated carbocycles. The molecule has 3 heterocycles. The zero-order chi connectivity index (χ0) is 19.0. The van der Waals surface area contributed by atoms with Crippen LogP contribution < -0.4 is 10.4 Å². The molecule has 4 rings (SSSR count). The van der Waals surface area contributed by atoms with Gasteiger partial charge in [0.2, 0.25) is 0 Å². The Hall–Kier alpha value is -3.15. The molecule has 0 unspecified atom stereocenters. The molecule has 6 heteroatoms. The van der Waals surface area contributed by atoms with Gasteiger partial charge in [-0.3, -0.25) is 9.78 Å². The van der Waals surface area contributed by atoms with Gasteiger partial charge in [0.25, 0.3) is 5.91 Å². The van der Waals surface area contributed by atoms with E-state index >= 15 is 0 Å². The Kier molecular flexibility index (Phi) is 4.39. The standard InChI is InChI=1S/C21H20N2O4/c1-13(2)26-16-6-5-14-10-17(21(25)27-19(14)11-16)20(24)23-9-7-18-15(12-23)4-3-8-22-18/h3-6,8,10-11,13H,7,9,12H2,1-2H3. The zero-order valence-electron chi connectivity index (χ0n) is 15.3. The smallest absolute Gasteiger partial charge is 0.349 e. The molecule has 0 spiro atoms. The van der Waals surface area contributed by atoms with Gasteiger partial charge in [-0.1, -0.05) is 6.07 Å². The van der Waals surface area contributed by atoms with E-state index in [0.29, 0.717) is 36.2 Å². The van der Waals surface area contributed by atoms with E-state index in [1.54, 1.807) is 35.4 Å². The molecule has 2 aromatic heterocycles. The third-order valence-electron chi connectivity index (χ3n) is 4.56. The molecule has 27 heavy (non-hydrogen) atoms. The minimum Gasteiger partial charge on any atom is -0.491 e. The maximum Gasteiger partial charge on any atom is 0.349 e. The van der Waals surface area contributed by atoms with Crippen molar-refractivity contribution >= 4 is 16.9 Å². The van der Waals surface area contributed by atoms with Crippen molar-refractivity contribution in [1.29, 1.82) is 0 Å². The lowest BCUT2D eigenvalue weighted by atomic mass is 10.0. The number of rotatable bonds is 3. The lowest BCUT2D eigenvalue weighted by molar-refractivity contribution is 0.0729. The molecule has 0 aliphatic carbocycles. The van der Waals surface area contributed by atoms with Crippen molar-refractivity contribution in [2.24, 2.45) is 0 Å². The second-order valence-corrected chi connectivity index (χ2v) is 6.90. The predicted molar refractivity (Wildman–Crippen MR) is 101 cm³/mol. The van der Waals surface area contributed by atoms with E-state index in [0.717, 1.165) is 11.3 Å². The van der Waals surface area contributed by atoms with E-state index in [4.69, 9.17) is 9.15 Å². The second kappa shape index (κ2) is 6.87. The summed E-state index contributed by atoms with van der Waals surface area (Å²) >= 11 is 0. The van der Waals surface area contributed by atoms with Crippen LogP contribution in [0.15, 0.2) is 51.8 Å². The van der Waals surface area contributed by atoms with E-state index in [2.05, 4.69) is 4.98 Å². The highest BCUT2D eigenvalue weighted by Gasteiger charge is 2.25. The normalized spacial score (nSPS) is 13.7. The fourth-order valence-electron chi connectivity index (χ4n) is 3.30. The van der Waals surface area contributed by atoms with Gasteiger partial charge in [-0.2, -0.15) is 0 Å². The van der Waals surface area contributed by atoms with Gasteiger partial charge in [-0.25, -0.2) is 4.79 Å². The Morgan fingerprint density at radius 1 is 1.26 bits per heavy atom. The fourth-order valence-corrected chi connectivity index (χ4v) is 3.30. The van der Waals surface area contributed by atoms with Crippen LogP contribution in [0.2, 0.25) is 0 Å². The Balaban J connectivity index is 1.64. The highest BCUT2D eigenvalue weighted by molar-refractivity contribution is 5.96. The number of pyridine rings is 1. The number of amides is 1. The molecule has 0 N–H and O–H groups in total. The third-order valence-corrected chi connectivity index (χ3v) is 4.56. The summed E-state index contributed by atoms with van der Waals surface area (Å²) in [5.74, 6) is 0.308. The van der Waals surface area contributed by atoms with Crippen LogP contribution in [0.25, 0.3) is 11.0 Å². The van der Waals surface area contributed by atoms with Crippen molar-refractivity contribution in [3.05, 3.63) is 69.8 Å². The molecule has 1 aliphatic rings. The van der Waals surface area contributed by atoms with Crippen LogP contribution in [0.4, 0.5) is 0 Å². The minimum atomic E-state index is -0.633. The Labute approximate surface area is 156 Å². The van der Waals surface area contributed by atoms with E-state index in [1.165, 1.54) is 0 Å². The predicted octanol–water partition coefficient (Wildman–Crippen LogP) is 3.17. The lowest BCUT2D eigenvalue weighted by Gasteiger charge is -2.27. The summed E-state index contributed by atoms with van der Waals surface area (Å²) in [4.78, 5) is 31.3. The molecule has 138 valence electrons. The number of hydrogen-bond acceptors (Lipinski definition) is 5. The van der Waals surface area contributed by atoms with Gasteiger partial charge in [-0.05, 0) is 43.7 Å². The van der Waals surface area contributed by atoms with Gasteiger partial charge in [0.1, 0.15) is 16.9 Å². The lowest BCUT2D eigenvalue weighted by Crippen LogP contribution is -2.38. The molecule has 1 aromatic carbocycles. The highest BCUT2D eigenvalue weighted by atomic mass is 16.5. The number of carbonyl (C=O) groups excluding carboxylic acids is 1.